The molecule has 1 aromatic carbocycles. The van der Waals surface area contributed by atoms with Gasteiger partial charge in [0.05, 0.1) is 16.8 Å². The molecular formula is C17H16N2O7. The molecule has 1 saturated heterocycles. The maximum Gasteiger partial charge on any atom is 0.310 e. The molecule has 1 aliphatic heterocycles. The summed E-state index contributed by atoms with van der Waals surface area (Å²) in [6.07, 6.45) is 1.38. The zero-order chi connectivity index (χ0) is 18.4. The number of fused-ring (bicyclic) bond motifs is 1. The molecule has 2 aliphatic carbocycles. The smallest absolute Gasteiger partial charge is 0.310 e. The molecule has 1 amide bonds. The van der Waals surface area contributed by atoms with Crippen molar-refractivity contribution < 1.29 is 28.8 Å². The number of hydrogen-bond donors (Lipinski definition) is 1. The molecule has 5 atom stereocenters. The van der Waals surface area contributed by atoms with Crippen molar-refractivity contribution in [2.75, 3.05) is 11.9 Å². The number of anilines is 1. The zero-order valence-electron chi connectivity index (χ0n) is 13.6. The first kappa shape index (κ1) is 16.5. The summed E-state index contributed by atoms with van der Waals surface area (Å²) in [6, 6.07) is 5.46. The van der Waals surface area contributed by atoms with Gasteiger partial charge in [-0.05, 0) is 24.8 Å². The molecule has 2 bridgehead atoms. The Balaban J connectivity index is 1.34. The van der Waals surface area contributed by atoms with Gasteiger partial charge in [0.2, 0.25) is 0 Å². The van der Waals surface area contributed by atoms with Gasteiger partial charge in [0, 0.05) is 23.7 Å². The van der Waals surface area contributed by atoms with E-state index in [1.54, 1.807) is 0 Å². The van der Waals surface area contributed by atoms with E-state index in [0.29, 0.717) is 6.42 Å². The van der Waals surface area contributed by atoms with Crippen LogP contribution in [0.25, 0.3) is 0 Å². The molecule has 3 fully saturated rings. The van der Waals surface area contributed by atoms with Gasteiger partial charge in [0.25, 0.3) is 11.6 Å². The number of amides is 1. The number of nitrogens with one attached hydrogen (secondary N) is 1. The van der Waals surface area contributed by atoms with Gasteiger partial charge in [-0.2, -0.15) is 0 Å². The fourth-order valence-electron chi connectivity index (χ4n) is 4.45. The Morgan fingerprint density at radius 1 is 1.35 bits per heavy atom. The highest BCUT2D eigenvalue weighted by molar-refractivity contribution is 5.93. The quantitative estimate of drug-likeness (QED) is 0.476. The Hall–Kier alpha value is -2.97. The number of hydrogen-bond acceptors (Lipinski definition) is 7. The summed E-state index contributed by atoms with van der Waals surface area (Å²) in [7, 11) is 0. The lowest BCUT2D eigenvalue weighted by atomic mass is 9.80. The Morgan fingerprint density at radius 3 is 2.92 bits per heavy atom. The fourth-order valence-corrected chi connectivity index (χ4v) is 4.45. The highest BCUT2D eigenvalue weighted by Gasteiger charge is 2.64. The zero-order valence-corrected chi connectivity index (χ0v) is 13.6. The summed E-state index contributed by atoms with van der Waals surface area (Å²) < 4.78 is 10.4. The molecule has 9 heteroatoms. The van der Waals surface area contributed by atoms with Crippen LogP contribution in [0.15, 0.2) is 24.3 Å². The third-order valence-corrected chi connectivity index (χ3v) is 5.44. The Morgan fingerprint density at radius 2 is 2.15 bits per heavy atom. The second-order valence-electron chi connectivity index (χ2n) is 6.89. The summed E-state index contributed by atoms with van der Waals surface area (Å²) in [6.45, 7) is -0.513. The third-order valence-electron chi connectivity index (χ3n) is 5.44. The maximum absolute atomic E-state index is 12.4. The molecule has 26 heavy (non-hydrogen) atoms. The van der Waals surface area contributed by atoms with Crippen LogP contribution in [0, 0.1) is 33.8 Å². The Bertz CT molecular complexity index is 806. The average molecular weight is 360 g/mol. The number of esters is 2. The molecule has 136 valence electrons. The van der Waals surface area contributed by atoms with E-state index >= 15 is 0 Å². The van der Waals surface area contributed by atoms with Gasteiger partial charge in [-0.15, -0.1) is 0 Å². The summed E-state index contributed by atoms with van der Waals surface area (Å²) >= 11 is 0. The molecule has 3 aliphatic rings. The minimum atomic E-state index is -0.603. The number of nitro benzene ring substituents is 1. The van der Waals surface area contributed by atoms with Crippen LogP contribution in [-0.4, -0.2) is 35.5 Å². The lowest BCUT2D eigenvalue weighted by molar-refractivity contribution is -0.384. The number of carbonyl (C=O) groups excluding carboxylic acids is 3. The number of benzene rings is 1. The summed E-state index contributed by atoms with van der Waals surface area (Å²) in [5.74, 6) is -2.36. The highest BCUT2D eigenvalue weighted by Crippen LogP contribution is 2.57. The first-order valence-corrected chi connectivity index (χ1v) is 8.35. The number of ether oxygens (including phenoxy) is 2. The van der Waals surface area contributed by atoms with Crippen LogP contribution in [0.5, 0.6) is 0 Å². The number of nitro groups is 1. The van der Waals surface area contributed by atoms with Crippen molar-refractivity contribution in [3.63, 3.8) is 0 Å². The normalized spacial score (nSPS) is 30.8. The Kier molecular flexibility index (Phi) is 3.86. The lowest BCUT2D eigenvalue weighted by Crippen LogP contribution is -2.34. The monoisotopic (exact) mass is 360 g/mol. The van der Waals surface area contributed by atoms with Crippen LogP contribution >= 0.6 is 0 Å². The minimum absolute atomic E-state index is 0.0637. The van der Waals surface area contributed by atoms with Gasteiger partial charge in [-0.3, -0.25) is 24.5 Å². The molecule has 0 aromatic heterocycles. The topological polar surface area (TPSA) is 125 Å². The van der Waals surface area contributed by atoms with E-state index in [-0.39, 0.29) is 35.3 Å². The summed E-state index contributed by atoms with van der Waals surface area (Å²) in [5, 5.41) is 13.2. The molecule has 2 saturated carbocycles. The van der Waals surface area contributed by atoms with E-state index in [4.69, 9.17) is 9.47 Å². The van der Waals surface area contributed by atoms with Crippen LogP contribution in [0.3, 0.4) is 0 Å². The van der Waals surface area contributed by atoms with Crippen LogP contribution in [0.4, 0.5) is 11.4 Å². The number of nitrogens with zero attached hydrogens (tertiary/aromatic N) is 1. The van der Waals surface area contributed by atoms with E-state index in [0.717, 1.165) is 6.42 Å². The van der Waals surface area contributed by atoms with Gasteiger partial charge < -0.3 is 14.8 Å². The number of non-ortho nitro benzene ring substituents is 1. The predicted molar refractivity (Wildman–Crippen MR) is 85.8 cm³/mol. The van der Waals surface area contributed by atoms with Crippen LogP contribution in [-0.2, 0) is 23.9 Å². The first-order valence-electron chi connectivity index (χ1n) is 8.35. The highest BCUT2D eigenvalue weighted by atomic mass is 16.6. The van der Waals surface area contributed by atoms with Crippen LogP contribution in [0.1, 0.15) is 12.8 Å². The van der Waals surface area contributed by atoms with E-state index in [2.05, 4.69) is 5.32 Å². The molecule has 0 radical (unpaired) electrons. The van der Waals surface area contributed by atoms with Gasteiger partial charge in [-0.1, -0.05) is 6.07 Å². The summed E-state index contributed by atoms with van der Waals surface area (Å²) in [5.41, 5.74) is 0.0819. The van der Waals surface area contributed by atoms with Crippen molar-refractivity contribution in [1.82, 2.24) is 0 Å². The van der Waals surface area contributed by atoms with Crippen molar-refractivity contribution in [2.24, 2.45) is 23.7 Å². The second-order valence-corrected chi connectivity index (χ2v) is 6.89. The minimum Gasteiger partial charge on any atom is -0.462 e. The van der Waals surface area contributed by atoms with E-state index < -0.39 is 35.2 Å². The van der Waals surface area contributed by atoms with Gasteiger partial charge in [-0.25, -0.2) is 0 Å². The van der Waals surface area contributed by atoms with Gasteiger partial charge >= 0.3 is 11.9 Å². The third kappa shape index (κ3) is 2.69. The number of rotatable bonds is 5. The predicted octanol–water partition coefficient (Wildman–Crippen LogP) is 1.27. The van der Waals surface area contributed by atoms with Crippen molar-refractivity contribution in [3.05, 3.63) is 34.4 Å². The maximum atomic E-state index is 12.4. The van der Waals surface area contributed by atoms with Crippen molar-refractivity contribution in [1.29, 1.82) is 0 Å². The molecule has 0 spiro atoms. The standard InChI is InChI=1S/C17H16N2O7/c20-13(18-9-2-1-3-10(6-9)19(23)24)7-25-16(21)14-8-4-11-12(5-8)26-17(22)15(11)14/h1-3,6,8,11-12,14-15H,4-5,7H2,(H,18,20)/t8-,11-,12-,14+,15+/m1/s1. The number of carbonyl (C=O) groups is 3. The second kappa shape index (κ2) is 6.08. The molecule has 1 aromatic rings. The van der Waals surface area contributed by atoms with E-state index in [1.165, 1.54) is 24.3 Å². The molecule has 1 heterocycles. The lowest BCUT2D eigenvalue weighted by Gasteiger charge is -2.22. The van der Waals surface area contributed by atoms with Crippen molar-refractivity contribution in [2.45, 2.75) is 18.9 Å². The average Bonchev–Trinajstić information content (AvgIpc) is 3.22. The molecule has 9 nitrogen and oxygen atoms in total. The Labute approximate surface area is 147 Å². The largest absolute Gasteiger partial charge is 0.462 e. The summed E-state index contributed by atoms with van der Waals surface area (Å²) in [4.78, 5) is 46.4. The van der Waals surface area contributed by atoms with Crippen LogP contribution < -0.4 is 5.32 Å². The molecule has 4 rings (SSSR count). The van der Waals surface area contributed by atoms with Crippen molar-refractivity contribution in [3.8, 4) is 0 Å². The van der Waals surface area contributed by atoms with E-state index in [1.807, 2.05) is 0 Å². The SMILES string of the molecule is O=C(COC(=O)[C@H]1[C@@H]2C[C@H]3[C@@H]1C(=O)O[C@@H]3C2)Nc1cccc([N+](=O)[O-])c1. The van der Waals surface area contributed by atoms with Gasteiger partial charge in [0.15, 0.2) is 6.61 Å². The van der Waals surface area contributed by atoms with Crippen molar-refractivity contribution >= 4 is 29.2 Å². The fraction of sp³-hybridized carbons (Fsp3) is 0.471. The first-order chi connectivity index (χ1) is 12.4. The van der Waals surface area contributed by atoms with Crippen LogP contribution in [0.2, 0.25) is 0 Å². The molecular weight excluding hydrogens is 344 g/mol. The molecule has 0 unspecified atom stereocenters. The van der Waals surface area contributed by atoms with Gasteiger partial charge in [0.1, 0.15) is 6.10 Å². The van der Waals surface area contributed by atoms with E-state index in [9.17, 15) is 24.5 Å². The molecule has 1 N–H and O–H groups in total.